The molecule has 0 radical (unpaired) electrons. The van der Waals surface area contributed by atoms with E-state index in [1.165, 1.54) is 16.4 Å². The third-order valence-electron chi connectivity index (χ3n) is 4.76. The fourth-order valence-electron chi connectivity index (χ4n) is 3.24. The predicted octanol–water partition coefficient (Wildman–Crippen LogP) is 0.915. The van der Waals surface area contributed by atoms with E-state index in [0.717, 1.165) is 12.5 Å². The molecule has 1 aromatic carbocycles. The van der Waals surface area contributed by atoms with E-state index in [-0.39, 0.29) is 42.7 Å². The highest BCUT2D eigenvalue weighted by molar-refractivity contribution is 7.89. The summed E-state index contributed by atoms with van der Waals surface area (Å²) in [6.07, 6.45) is 1.14. The second-order valence-corrected chi connectivity index (χ2v) is 8.34. The zero-order chi connectivity index (χ0) is 18.9. The van der Waals surface area contributed by atoms with Gasteiger partial charge in [0.15, 0.2) is 0 Å². The average Bonchev–Trinajstić information content (AvgIpc) is 3.16. The molecular formula is C16H21N3O6S. The Bertz CT molecular complexity index is 811. The van der Waals surface area contributed by atoms with Crippen LogP contribution in [-0.4, -0.2) is 67.3 Å². The van der Waals surface area contributed by atoms with E-state index in [1.54, 1.807) is 11.8 Å². The smallest absolute Gasteiger partial charge is 0.270 e. The molecule has 2 aliphatic rings. The number of sulfonamides is 1. The van der Waals surface area contributed by atoms with Crippen LogP contribution in [0.3, 0.4) is 0 Å². The Labute approximate surface area is 151 Å². The number of non-ortho nitro benzene ring substituents is 1. The number of nitrogens with zero attached hydrogens (tertiary/aromatic N) is 3. The van der Waals surface area contributed by atoms with Gasteiger partial charge in [0.25, 0.3) is 11.6 Å². The fraction of sp³-hybridized carbons (Fsp3) is 0.562. The van der Waals surface area contributed by atoms with Crippen molar-refractivity contribution in [3.05, 3.63) is 33.9 Å². The van der Waals surface area contributed by atoms with Crippen LogP contribution < -0.4 is 0 Å². The summed E-state index contributed by atoms with van der Waals surface area (Å²) in [4.78, 5) is 24.3. The van der Waals surface area contributed by atoms with Gasteiger partial charge in [-0.1, -0.05) is 6.07 Å². The van der Waals surface area contributed by atoms with Crippen LogP contribution in [0.4, 0.5) is 5.69 Å². The van der Waals surface area contributed by atoms with Crippen LogP contribution in [-0.2, 0) is 19.6 Å². The summed E-state index contributed by atoms with van der Waals surface area (Å²) in [5.41, 5.74) is 0.190. The quantitative estimate of drug-likeness (QED) is 0.565. The van der Waals surface area contributed by atoms with E-state index in [9.17, 15) is 23.3 Å². The van der Waals surface area contributed by atoms with Crippen LogP contribution in [0.25, 0.3) is 0 Å². The normalized spacial score (nSPS) is 21.7. The van der Waals surface area contributed by atoms with E-state index in [2.05, 4.69) is 0 Å². The van der Waals surface area contributed by atoms with Crippen molar-refractivity contribution in [3.8, 4) is 0 Å². The van der Waals surface area contributed by atoms with Crippen LogP contribution in [0.2, 0.25) is 0 Å². The van der Waals surface area contributed by atoms with Crippen molar-refractivity contribution >= 4 is 21.6 Å². The molecule has 1 amide bonds. The third kappa shape index (κ3) is 3.57. The maximum atomic E-state index is 12.9. The standard InChI is InChI=1S/C16H21N3O6S/c1-12-4-5-13(19(21)22)11-15(12)26(23,24)18-8-6-17(7-9-18)16(20)14-3-2-10-25-14/h4-5,11,14H,2-3,6-10H2,1H3/t14-/m0/s1. The summed E-state index contributed by atoms with van der Waals surface area (Å²) in [6.45, 7) is 3.06. The van der Waals surface area contributed by atoms with Gasteiger partial charge in [-0.3, -0.25) is 14.9 Å². The summed E-state index contributed by atoms with van der Waals surface area (Å²) < 4.78 is 32.5. The number of hydrogen-bond acceptors (Lipinski definition) is 6. The Morgan fingerprint density at radius 2 is 1.96 bits per heavy atom. The molecule has 2 heterocycles. The minimum atomic E-state index is -3.86. The summed E-state index contributed by atoms with van der Waals surface area (Å²) >= 11 is 0. The Morgan fingerprint density at radius 1 is 1.27 bits per heavy atom. The van der Waals surface area contributed by atoms with Gasteiger partial charge in [-0.05, 0) is 25.3 Å². The highest BCUT2D eigenvalue weighted by Gasteiger charge is 2.35. The second kappa shape index (κ2) is 7.29. The fourth-order valence-corrected chi connectivity index (χ4v) is 4.91. The Hall–Kier alpha value is -2.04. The van der Waals surface area contributed by atoms with Gasteiger partial charge in [0.1, 0.15) is 6.10 Å². The summed E-state index contributed by atoms with van der Waals surface area (Å²) in [6, 6.07) is 3.81. The van der Waals surface area contributed by atoms with Crippen molar-refractivity contribution in [2.75, 3.05) is 32.8 Å². The first-order chi connectivity index (χ1) is 12.3. The molecule has 2 saturated heterocycles. The number of nitro benzene ring substituents is 1. The number of aryl methyl sites for hydroxylation is 1. The number of amides is 1. The Morgan fingerprint density at radius 3 is 2.54 bits per heavy atom. The molecule has 0 unspecified atom stereocenters. The van der Waals surface area contributed by atoms with Crippen molar-refractivity contribution in [1.29, 1.82) is 0 Å². The lowest BCUT2D eigenvalue weighted by Crippen LogP contribution is -2.52. The zero-order valence-electron chi connectivity index (χ0n) is 14.5. The lowest BCUT2D eigenvalue weighted by molar-refractivity contribution is -0.385. The number of piperazine rings is 1. The molecule has 142 valence electrons. The van der Waals surface area contributed by atoms with Gasteiger partial charge in [-0.2, -0.15) is 4.31 Å². The molecule has 2 aliphatic heterocycles. The predicted molar refractivity (Wildman–Crippen MR) is 92.1 cm³/mol. The Kier molecular flexibility index (Phi) is 5.26. The number of rotatable bonds is 4. The number of benzene rings is 1. The topological polar surface area (TPSA) is 110 Å². The first-order valence-corrected chi connectivity index (χ1v) is 9.90. The van der Waals surface area contributed by atoms with Gasteiger partial charge in [0.05, 0.1) is 9.82 Å². The van der Waals surface area contributed by atoms with Crippen molar-refractivity contribution in [2.24, 2.45) is 0 Å². The van der Waals surface area contributed by atoms with Crippen LogP contribution in [0, 0.1) is 17.0 Å². The largest absolute Gasteiger partial charge is 0.368 e. The van der Waals surface area contributed by atoms with Crippen molar-refractivity contribution in [2.45, 2.75) is 30.8 Å². The molecule has 0 N–H and O–H groups in total. The molecular weight excluding hydrogens is 362 g/mol. The minimum Gasteiger partial charge on any atom is -0.368 e. The molecule has 2 fully saturated rings. The first kappa shape index (κ1) is 18.7. The number of nitro groups is 1. The van der Waals surface area contributed by atoms with E-state index < -0.39 is 21.1 Å². The van der Waals surface area contributed by atoms with Crippen LogP contribution in [0.5, 0.6) is 0 Å². The molecule has 0 saturated carbocycles. The van der Waals surface area contributed by atoms with Gasteiger partial charge in [0.2, 0.25) is 10.0 Å². The molecule has 1 atom stereocenters. The minimum absolute atomic E-state index is 0.0643. The lowest BCUT2D eigenvalue weighted by Gasteiger charge is -2.35. The maximum absolute atomic E-state index is 12.9. The summed E-state index contributed by atoms with van der Waals surface area (Å²) in [5.74, 6) is -0.0916. The molecule has 3 rings (SSSR count). The zero-order valence-corrected chi connectivity index (χ0v) is 15.3. The first-order valence-electron chi connectivity index (χ1n) is 8.46. The van der Waals surface area contributed by atoms with Crippen molar-refractivity contribution < 1.29 is 22.9 Å². The van der Waals surface area contributed by atoms with Crippen molar-refractivity contribution in [3.63, 3.8) is 0 Å². The van der Waals surface area contributed by atoms with Gasteiger partial charge in [-0.15, -0.1) is 0 Å². The molecule has 0 aromatic heterocycles. The number of carbonyl (C=O) groups excluding carboxylic acids is 1. The summed E-state index contributed by atoms with van der Waals surface area (Å²) in [7, 11) is -3.86. The molecule has 10 heteroatoms. The van der Waals surface area contributed by atoms with Gasteiger partial charge >= 0.3 is 0 Å². The molecule has 0 bridgehead atoms. The number of ether oxygens (including phenoxy) is 1. The SMILES string of the molecule is Cc1ccc([N+](=O)[O-])cc1S(=O)(=O)N1CCN(C(=O)[C@@H]2CCCO2)CC1. The number of hydrogen-bond donors (Lipinski definition) is 0. The van der Waals surface area contributed by atoms with E-state index >= 15 is 0 Å². The highest BCUT2D eigenvalue weighted by atomic mass is 32.2. The van der Waals surface area contributed by atoms with E-state index in [1.807, 2.05) is 0 Å². The van der Waals surface area contributed by atoms with Gasteiger partial charge < -0.3 is 9.64 Å². The van der Waals surface area contributed by atoms with Crippen molar-refractivity contribution in [1.82, 2.24) is 9.21 Å². The molecule has 9 nitrogen and oxygen atoms in total. The summed E-state index contributed by atoms with van der Waals surface area (Å²) in [5, 5.41) is 11.0. The molecule has 0 spiro atoms. The van der Waals surface area contributed by atoms with Crippen LogP contribution in [0.1, 0.15) is 18.4 Å². The maximum Gasteiger partial charge on any atom is 0.270 e. The molecule has 0 aliphatic carbocycles. The number of carbonyl (C=O) groups is 1. The van der Waals surface area contributed by atoms with E-state index in [4.69, 9.17) is 4.74 Å². The average molecular weight is 383 g/mol. The Balaban J connectivity index is 1.73. The third-order valence-corrected chi connectivity index (χ3v) is 6.80. The van der Waals surface area contributed by atoms with Gasteiger partial charge in [0, 0.05) is 44.9 Å². The van der Waals surface area contributed by atoms with Gasteiger partial charge in [-0.25, -0.2) is 8.42 Å². The van der Waals surface area contributed by atoms with Crippen LogP contribution in [0.15, 0.2) is 23.1 Å². The van der Waals surface area contributed by atoms with E-state index in [0.29, 0.717) is 18.6 Å². The highest BCUT2D eigenvalue weighted by Crippen LogP contribution is 2.26. The van der Waals surface area contributed by atoms with Crippen LogP contribution >= 0.6 is 0 Å². The second-order valence-electron chi connectivity index (χ2n) is 6.44. The molecule has 1 aromatic rings. The molecule has 26 heavy (non-hydrogen) atoms. The monoisotopic (exact) mass is 383 g/mol. The lowest BCUT2D eigenvalue weighted by atomic mass is 10.2.